The third-order valence-corrected chi connectivity index (χ3v) is 4.88. The van der Waals surface area contributed by atoms with Crippen LogP contribution in [0.25, 0.3) is 11.1 Å². The quantitative estimate of drug-likeness (QED) is 0.859. The van der Waals surface area contributed by atoms with Crippen molar-refractivity contribution in [2.45, 2.75) is 6.04 Å². The number of nitrogens with zero attached hydrogens (tertiary/aromatic N) is 2. The third kappa shape index (κ3) is 3.36. The van der Waals surface area contributed by atoms with Crippen molar-refractivity contribution in [3.8, 4) is 11.1 Å². The molecule has 0 aliphatic carbocycles. The molecule has 2 heterocycles. The second-order valence-corrected chi connectivity index (χ2v) is 6.60. The van der Waals surface area contributed by atoms with E-state index in [2.05, 4.69) is 10.6 Å². The molecule has 7 heteroatoms. The Balaban J connectivity index is 1.52. The number of urea groups is 1. The number of hydrogen-bond donors (Lipinski definition) is 2. The largest absolute Gasteiger partial charge is 0.336 e. The second-order valence-electron chi connectivity index (χ2n) is 6.60. The van der Waals surface area contributed by atoms with E-state index in [0.29, 0.717) is 13.1 Å². The van der Waals surface area contributed by atoms with E-state index < -0.39 is 6.04 Å². The Morgan fingerprint density at radius 3 is 2.41 bits per heavy atom. The second kappa shape index (κ2) is 7.11. The van der Waals surface area contributed by atoms with E-state index in [1.54, 1.807) is 4.90 Å². The lowest BCUT2D eigenvalue weighted by molar-refractivity contribution is -0.138. The molecular formula is C20H20N4O3. The molecule has 2 saturated heterocycles. The lowest BCUT2D eigenvalue weighted by Gasteiger charge is -2.36. The summed E-state index contributed by atoms with van der Waals surface area (Å²) in [5.41, 5.74) is 2.87. The van der Waals surface area contributed by atoms with Gasteiger partial charge in [0.25, 0.3) is 0 Å². The van der Waals surface area contributed by atoms with Gasteiger partial charge in [0.05, 0.1) is 5.69 Å². The molecule has 0 spiro atoms. The first kappa shape index (κ1) is 17.1. The van der Waals surface area contributed by atoms with Crippen molar-refractivity contribution < 1.29 is 14.4 Å². The molecule has 1 atom stereocenters. The Bertz CT molecular complexity index is 884. The zero-order valence-electron chi connectivity index (χ0n) is 14.7. The number of hydrogen-bond acceptors (Lipinski definition) is 3. The van der Waals surface area contributed by atoms with E-state index in [-0.39, 0.29) is 30.9 Å². The van der Waals surface area contributed by atoms with Gasteiger partial charge in [-0.1, -0.05) is 48.5 Å². The van der Waals surface area contributed by atoms with Crippen LogP contribution in [0.3, 0.4) is 0 Å². The molecule has 4 rings (SSSR count). The normalized spacial score (nSPS) is 19.6. The molecule has 4 amide bonds. The molecule has 0 radical (unpaired) electrons. The number of rotatable bonds is 3. The van der Waals surface area contributed by atoms with Gasteiger partial charge in [0.15, 0.2) is 0 Å². The van der Waals surface area contributed by atoms with Crippen molar-refractivity contribution in [2.75, 3.05) is 31.1 Å². The summed E-state index contributed by atoms with van der Waals surface area (Å²) in [6, 6.07) is 16.7. The molecule has 7 nitrogen and oxygen atoms in total. The number of carbonyl (C=O) groups is 3. The van der Waals surface area contributed by atoms with Gasteiger partial charge in [0.2, 0.25) is 11.8 Å². The van der Waals surface area contributed by atoms with Gasteiger partial charge in [-0.15, -0.1) is 0 Å². The highest BCUT2D eigenvalue weighted by molar-refractivity contribution is 6.02. The van der Waals surface area contributed by atoms with Gasteiger partial charge in [-0.05, 0) is 11.6 Å². The minimum Gasteiger partial charge on any atom is -0.336 e. The summed E-state index contributed by atoms with van der Waals surface area (Å²) in [5.74, 6) is -0.354. The lowest BCUT2D eigenvalue weighted by atomic mass is 10.0. The molecule has 0 saturated carbocycles. The van der Waals surface area contributed by atoms with Gasteiger partial charge >= 0.3 is 6.03 Å². The first-order chi connectivity index (χ1) is 13.1. The molecule has 0 aromatic heterocycles. The molecule has 27 heavy (non-hydrogen) atoms. The number of para-hydroxylation sites is 1. The summed E-state index contributed by atoms with van der Waals surface area (Å²) in [6.07, 6.45) is 0. The summed E-state index contributed by atoms with van der Waals surface area (Å²) in [5, 5.41) is 5.14. The number of carbonyl (C=O) groups excluding carboxylic acids is 3. The number of benzene rings is 2. The highest BCUT2D eigenvalue weighted by Gasteiger charge is 2.35. The molecule has 138 valence electrons. The van der Waals surface area contributed by atoms with Crippen LogP contribution in [0.15, 0.2) is 54.6 Å². The number of nitrogens with one attached hydrogen (secondary N) is 2. The average Bonchev–Trinajstić information content (AvgIpc) is 3.14. The lowest BCUT2D eigenvalue weighted by Crippen LogP contribution is -2.56. The standard InChI is InChI=1S/C20H20N4O3/c25-18-13-23(19(26)16-12-21-20(27)22-16)10-11-24(18)17-9-5-4-8-15(17)14-6-2-1-3-7-14/h1-9,16H,10-13H2,(H2,21,22,27). The maximum absolute atomic E-state index is 12.8. The topological polar surface area (TPSA) is 81.8 Å². The summed E-state index contributed by atoms with van der Waals surface area (Å²) in [4.78, 5) is 39.8. The third-order valence-electron chi connectivity index (χ3n) is 4.88. The van der Waals surface area contributed by atoms with Crippen molar-refractivity contribution >= 4 is 23.5 Å². The van der Waals surface area contributed by atoms with Crippen molar-refractivity contribution in [1.82, 2.24) is 15.5 Å². The molecule has 2 N–H and O–H groups in total. The monoisotopic (exact) mass is 364 g/mol. The fraction of sp³-hybridized carbons (Fsp3) is 0.250. The number of piperazine rings is 1. The molecule has 2 aromatic carbocycles. The molecule has 2 aliphatic rings. The minimum absolute atomic E-state index is 0.00826. The smallest absolute Gasteiger partial charge is 0.315 e. The highest BCUT2D eigenvalue weighted by Crippen LogP contribution is 2.31. The van der Waals surface area contributed by atoms with Crippen molar-refractivity contribution in [3.05, 3.63) is 54.6 Å². The van der Waals surface area contributed by atoms with E-state index in [9.17, 15) is 14.4 Å². The average molecular weight is 364 g/mol. The van der Waals surface area contributed by atoms with Gasteiger partial charge in [-0.2, -0.15) is 0 Å². The highest BCUT2D eigenvalue weighted by atomic mass is 16.2. The van der Waals surface area contributed by atoms with Crippen LogP contribution in [-0.4, -0.2) is 55.0 Å². The van der Waals surface area contributed by atoms with Crippen molar-refractivity contribution in [2.24, 2.45) is 0 Å². The van der Waals surface area contributed by atoms with Crippen LogP contribution in [0.1, 0.15) is 0 Å². The fourth-order valence-corrected chi connectivity index (χ4v) is 3.51. The Hall–Kier alpha value is -3.35. The number of anilines is 1. The van der Waals surface area contributed by atoms with Crippen LogP contribution in [-0.2, 0) is 9.59 Å². The van der Waals surface area contributed by atoms with Crippen molar-refractivity contribution in [1.29, 1.82) is 0 Å². The van der Waals surface area contributed by atoms with Gasteiger partial charge < -0.3 is 20.4 Å². The maximum Gasteiger partial charge on any atom is 0.315 e. The summed E-state index contributed by atoms with van der Waals surface area (Å²) >= 11 is 0. The fourth-order valence-electron chi connectivity index (χ4n) is 3.51. The van der Waals surface area contributed by atoms with Gasteiger partial charge in [-0.25, -0.2) is 4.79 Å². The Labute approximate surface area is 157 Å². The zero-order valence-corrected chi connectivity index (χ0v) is 14.7. The zero-order chi connectivity index (χ0) is 18.8. The maximum atomic E-state index is 12.8. The molecular weight excluding hydrogens is 344 g/mol. The summed E-state index contributed by atoms with van der Waals surface area (Å²) < 4.78 is 0. The van der Waals surface area contributed by atoms with Crippen LogP contribution in [0.2, 0.25) is 0 Å². The van der Waals surface area contributed by atoms with Crippen LogP contribution in [0, 0.1) is 0 Å². The van der Waals surface area contributed by atoms with Gasteiger partial charge in [-0.3, -0.25) is 9.59 Å². The van der Waals surface area contributed by atoms with E-state index in [0.717, 1.165) is 16.8 Å². The minimum atomic E-state index is -0.603. The molecule has 2 aliphatic heterocycles. The number of amides is 4. The SMILES string of the molecule is O=C1NCC(C(=O)N2CCN(c3ccccc3-c3ccccc3)C(=O)C2)N1. The van der Waals surface area contributed by atoms with E-state index in [1.807, 2.05) is 54.6 Å². The van der Waals surface area contributed by atoms with Crippen LogP contribution in [0.4, 0.5) is 10.5 Å². The Morgan fingerprint density at radius 2 is 1.70 bits per heavy atom. The van der Waals surface area contributed by atoms with E-state index in [1.165, 1.54) is 4.90 Å². The van der Waals surface area contributed by atoms with Crippen LogP contribution >= 0.6 is 0 Å². The van der Waals surface area contributed by atoms with Crippen LogP contribution < -0.4 is 15.5 Å². The Morgan fingerprint density at radius 1 is 0.963 bits per heavy atom. The molecule has 2 fully saturated rings. The first-order valence-corrected chi connectivity index (χ1v) is 8.91. The molecule has 1 unspecified atom stereocenters. The van der Waals surface area contributed by atoms with E-state index >= 15 is 0 Å². The van der Waals surface area contributed by atoms with Crippen molar-refractivity contribution in [3.63, 3.8) is 0 Å². The van der Waals surface area contributed by atoms with Crippen LogP contribution in [0.5, 0.6) is 0 Å². The summed E-state index contributed by atoms with van der Waals surface area (Å²) in [6.45, 7) is 1.11. The van der Waals surface area contributed by atoms with Gasteiger partial charge in [0.1, 0.15) is 12.6 Å². The predicted molar refractivity (Wildman–Crippen MR) is 101 cm³/mol. The molecule has 2 aromatic rings. The first-order valence-electron chi connectivity index (χ1n) is 8.91. The summed E-state index contributed by atoms with van der Waals surface area (Å²) in [7, 11) is 0. The van der Waals surface area contributed by atoms with Gasteiger partial charge in [0, 0.05) is 25.2 Å². The van der Waals surface area contributed by atoms with E-state index in [4.69, 9.17) is 0 Å². The Kier molecular flexibility index (Phi) is 4.50. The predicted octanol–water partition coefficient (Wildman–Crippen LogP) is 1.21. The molecule has 0 bridgehead atoms.